The zero-order valence-electron chi connectivity index (χ0n) is 74.5. The molecule has 28 heteroatoms. The monoisotopic (exact) mass is 1750 g/mol. The van der Waals surface area contributed by atoms with Crippen LogP contribution >= 0.6 is 23.2 Å². The van der Waals surface area contributed by atoms with E-state index >= 15 is 0 Å². The third-order valence-corrected chi connectivity index (χ3v) is 19.9. The molecule has 25 nitrogen and oxygen atoms in total. The number of imidazole rings is 5. The van der Waals surface area contributed by atoms with Gasteiger partial charge in [-0.2, -0.15) is 0 Å². The van der Waals surface area contributed by atoms with Gasteiger partial charge in [0.25, 0.3) is 6.29 Å². The van der Waals surface area contributed by atoms with Crippen molar-refractivity contribution in [2.75, 3.05) is 77.8 Å². The van der Waals surface area contributed by atoms with E-state index in [2.05, 4.69) is 122 Å². The Bertz CT molecular complexity index is 6000. The van der Waals surface area contributed by atoms with E-state index in [1.165, 1.54) is 63.5 Å². The lowest BCUT2D eigenvalue weighted by Crippen LogP contribution is -3.00. The number of nitrogens with zero attached hydrogens (tertiary/aromatic N) is 12. The molecule has 3 unspecified atom stereocenters. The van der Waals surface area contributed by atoms with Crippen LogP contribution in [0.2, 0.25) is 0 Å². The number of halogens is 3. The second-order valence-electron chi connectivity index (χ2n) is 29.9. The number of rotatable bonds is 15. The Morgan fingerprint density at radius 2 is 0.712 bits per heavy atom. The number of benzene rings is 5. The minimum Gasteiger partial charge on any atom is -1.00 e. The van der Waals surface area contributed by atoms with Crippen molar-refractivity contribution in [1.82, 2.24) is 57.1 Å². The van der Waals surface area contributed by atoms with Crippen molar-refractivity contribution in [3.63, 3.8) is 0 Å². The fourth-order valence-corrected chi connectivity index (χ4v) is 12.7. The van der Waals surface area contributed by atoms with Crippen LogP contribution in [0.25, 0.3) is 84.5 Å². The van der Waals surface area contributed by atoms with Crippen molar-refractivity contribution < 1.29 is 74.9 Å². The molecule has 0 aliphatic heterocycles. The van der Waals surface area contributed by atoms with Gasteiger partial charge in [-0.15, -0.1) is 11.6 Å². The van der Waals surface area contributed by atoms with Gasteiger partial charge in [0, 0.05) is 86.2 Å². The first kappa shape index (κ1) is 99.4. The van der Waals surface area contributed by atoms with Crippen LogP contribution in [0.5, 0.6) is 0 Å². The maximum Gasteiger partial charge on any atom is 0.362 e. The maximum atomic E-state index is 12.3. The molecule has 15 aromatic rings. The number of carbonyl (C=O) groups is 5. The Morgan fingerprint density at radius 3 is 1.06 bits per heavy atom. The Kier molecular flexibility index (Phi) is 37.5. The van der Waals surface area contributed by atoms with Crippen LogP contribution in [0.15, 0.2) is 219 Å². The maximum absolute atomic E-state index is 12.3. The van der Waals surface area contributed by atoms with E-state index in [0.29, 0.717) is 34.8 Å². The topological polar surface area (TPSA) is 277 Å². The molecule has 125 heavy (non-hydrogen) atoms. The number of likely N-dealkylation sites (N-methyl/N-ethyl adjacent to an activating group) is 1. The molecule has 0 bridgehead atoms. The molecule has 5 aromatic carbocycles. The number of carbonyl (C=O) groups excluding carboxylic acids is 5. The van der Waals surface area contributed by atoms with Gasteiger partial charge in [-0.3, -0.25) is 18.8 Å². The number of aromatic nitrogens is 10. The predicted molar refractivity (Wildman–Crippen MR) is 490 cm³/mol. The van der Waals surface area contributed by atoms with Gasteiger partial charge in [-0.05, 0) is 153 Å². The van der Waals surface area contributed by atoms with Crippen LogP contribution in [0.3, 0.4) is 0 Å². The van der Waals surface area contributed by atoms with Gasteiger partial charge < -0.3 is 74.1 Å². The summed E-state index contributed by atoms with van der Waals surface area (Å²) in [6.45, 7) is 20.3. The second kappa shape index (κ2) is 47.2. The summed E-state index contributed by atoms with van der Waals surface area (Å²) in [5.74, 6) is -2.18. The smallest absolute Gasteiger partial charge is 0.362 e. The standard InChI is InChI=1S/C19H21N3O.C18H17ClN2O2.C18H18N2O3.C18H18N2O2.C15H14N2.C4H8O4.C3H7ClN.C2H7N.ClH/c1-13-5-8-15(9-6-13)19-16(11-18(23)21(3)4)22-12-14(2)7-10-17(22)20-19;1-11-4-7-13(8-5-11)16-17(15(19)18(22)23-3)21-10-12(2)6-9-14(21)20-16;1-11-4-7-13(8-5-11)15-16(17(21)18(22)23-3)20-10-12(2)6-9-14(20)19-15;1-12-4-7-14(8-5-12)18-15(10-17(21)22-3)20-11-13(2)6-9-16(20)19-18;1-11-3-6-13(7-4-11)14-10-17-9-12(2)5-8-15(17)16-14;1-7-3(5)4(6)8-2;1-5(2)3-4;1-3-2;/h5-10,12H,11H2,1-4H3;4-10,15H,1-3H3;4-10,17,21H,1-3H3;4-9,11H,10H2,1-3H3;3-10H,1-2H3;3,5H,1-2H3;3H,1-2H3;3H,1-2H3;1H/q;;;;;;+1;;/p-1. The van der Waals surface area contributed by atoms with Crippen LogP contribution in [-0.2, 0) is 60.5 Å². The van der Waals surface area contributed by atoms with Gasteiger partial charge in [0.15, 0.2) is 11.5 Å². The van der Waals surface area contributed by atoms with Crippen molar-refractivity contribution >= 4 is 86.9 Å². The Morgan fingerprint density at radius 1 is 0.408 bits per heavy atom. The average Bonchev–Trinajstić information content (AvgIpc) is 1.63. The number of methoxy groups -OCH3 is 5. The molecule has 0 aliphatic carbocycles. The first-order chi connectivity index (χ1) is 59.2. The molecule has 0 aliphatic rings. The zero-order chi connectivity index (χ0) is 90.8. The Hall–Kier alpha value is -12.7. The Labute approximate surface area is 745 Å². The van der Waals surface area contributed by atoms with Crippen molar-refractivity contribution in [3.8, 4) is 56.3 Å². The SMILES string of the molecule is CNC.COC(=O)C(Cl)c1c(-c2ccc(C)cc2)nc2ccc(C)cn12.COC(=O)C(O)OC.COC(=O)C(O)c1c(-c2ccc(C)cc2)nc2ccc(C)cn12.COC(=O)Cc1c(-c2ccc(C)cc2)nc2ccc(C)cn12.C[N+](C)=CCl.Cc1ccc(-c2cn3cc(C)ccc3n2)cc1.Cc1ccc(-c2nc3ccc(C)cn3c2CC(=O)N(C)C)cc1.[Cl-]. The van der Waals surface area contributed by atoms with E-state index in [1.807, 2.05) is 242 Å². The van der Waals surface area contributed by atoms with Crippen LogP contribution in [0.1, 0.15) is 89.9 Å². The van der Waals surface area contributed by atoms with Gasteiger partial charge in [0.1, 0.15) is 42.3 Å². The summed E-state index contributed by atoms with van der Waals surface area (Å²) in [6, 6.07) is 60.5. The highest BCUT2D eigenvalue weighted by atomic mass is 35.5. The summed E-state index contributed by atoms with van der Waals surface area (Å²) in [4.78, 5) is 83.0. The van der Waals surface area contributed by atoms with E-state index in [0.717, 1.165) is 112 Å². The summed E-state index contributed by atoms with van der Waals surface area (Å²) < 4.78 is 34.1. The van der Waals surface area contributed by atoms with Gasteiger partial charge in [0.2, 0.25) is 11.6 Å². The summed E-state index contributed by atoms with van der Waals surface area (Å²) in [7, 11) is 17.4. The van der Waals surface area contributed by atoms with Gasteiger partial charge >= 0.3 is 23.9 Å². The highest BCUT2D eigenvalue weighted by Crippen LogP contribution is 2.36. The number of nitrogens with one attached hydrogen (secondary N) is 1. The van der Waals surface area contributed by atoms with Gasteiger partial charge in [-0.1, -0.05) is 179 Å². The molecular formula is C97H110Cl3N13O12. The van der Waals surface area contributed by atoms with E-state index in [9.17, 15) is 29.1 Å². The molecule has 15 rings (SSSR count). The van der Waals surface area contributed by atoms with Crippen molar-refractivity contribution in [1.29, 1.82) is 0 Å². The molecule has 3 atom stereocenters. The minimum absolute atomic E-state index is 0. The summed E-state index contributed by atoms with van der Waals surface area (Å²) >= 11 is 11.5. The number of pyridine rings is 5. The van der Waals surface area contributed by atoms with E-state index in [4.69, 9.17) is 52.5 Å². The molecule has 0 radical (unpaired) electrons. The third kappa shape index (κ3) is 26.9. The van der Waals surface area contributed by atoms with E-state index < -0.39 is 35.7 Å². The molecule has 1 amide bonds. The number of amides is 1. The largest absolute Gasteiger partial charge is 1.00 e. The average molecular weight is 1760 g/mol. The van der Waals surface area contributed by atoms with Crippen molar-refractivity contribution in [2.24, 2.45) is 0 Å². The lowest BCUT2D eigenvalue weighted by molar-refractivity contribution is -0.457. The highest BCUT2D eigenvalue weighted by Gasteiger charge is 2.30. The molecular weight excluding hydrogens is 1650 g/mol. The molecule has 10 aromatic heterocycles. The Balaban J connectivity index is 0.000000205. The first-order valence-electron chi connectivity index (χ1n) is 39.6. The predicted octanol–water partition coefficient (Wildman–Crippen LogP) is 13.6. The number of alkyl halides is 1. The molecule has 0 saturated carbocycles. The fourth-order valence-electron chi connectivity index (χ4n) is 12.4. The summed E-state index contributed by atoms with van der Waals surface area (Å²) in [5.41, 5.74) is 28.9. The summed E-state index contributed by atoms with van der Waals surface area (Å²) in [6.07, 6.45) is 9.68. The van der Waals surface area contributed by atoms with Crippen LogP contribution < -0.4 is 17.7 Å². The number of ether oxygens (including phenoxy) is 5. The number of fused-ring (bicyclic) bond motifs is 5. The quantitative estimate of drug-likeness (QED) is 0.0215. The number of aliphatic hydroxyl groups is 2. The lowest BCUT2D eigenvalue weighted by atomic mass is 10.1. The molecule has 0 spiro atoms. The fraction of sp³-hybridized carbons (Fsp3) is 0.268. The van der Waals surface area contributed by atoms with Gasteiger partial charge in [0.05, 0.1) is 92.5 Å². The number of hydrogen-bond acceptors (Lipinski definition) is 18. The summed E-state index contributed by atoms with van der Waals surface area (Å²) in [5, 5.41) is 20.7. The lowest BCUT2D eigenvalue weighted by Gasteiger charge is -2.11. The first-order valence-corrected chi connectivity index (χ1v) is 40.5. The molecule has 0 fully saturated rings. The second-order valence-corrected chi connectivity index (χ2v) is 30.5. The van der Waals surface area contributed by atoms with Crippen LogP contribution in [0.4, 0.5) is 0 Å². The molecule has 656 valence electrons. The van der Waals surface area contributed by atoms with Gasteiger partial charge in [-0.25, -0.2) is 39.1 Å². The van der Waals surface area contributed by atoms with Crippen molar-refractivity contribution in [3.05, 3.63) is 298 Å². The van der Waals surface area contributed by atoms with Crippen LogP contribution in [-0.4, -0.2) is 186 Å². The van der Waals surface area contributed by atoms with Crippen LogP contribution in [0, 0.1) is 69.2 Å². The number of esters is 4. The number of aryl methyl sites for hydroxylation is 10. The zero-order valence-corrected chi connectivity index (χ0v) is 76.8. The highest BCUT2D eigenvalue weighted by molar-refractivity contribution is 6.54. The molecule has 3 N–H and O–H groups in total. The third-order valence-electron chi connectivity index (χ3n) is 19.1. The van der Waals surface area contributed by atoms with E-state index in [-0.39, 0.29) is 30.7 Å². The normalized spacial score (nSPS) is 11.2. The van der Waals surface area contributed by atoms with Crippen molar-refractivity contribution in [2.45, 2.75) is 99.9 Å². The number of aliphatic hydroxyl groups excluding tert-OH is 2. The molecule has 0 saturated heterocycles. The number of hydrogen-bond donors (Lipinski definition) is 3. The molecule has 10 heterocycles. The minimum atomic E-state index is -1.44. The van der Waals surface area contributed by atoms with E-state index in [1.54, 1.807) is 28.0 Å².